The number of carboxylic acid groups (broad SMARTS) is 1. The molecule has 0 fully saturated rings. The van der Waals surface area contributed by atoms with Crippen LogP contribution in [0.4, 0.5) is 0 Å². The van der Waals surface area contributed by atoms with Crippen molar-refractivity contribution < 1.29 is 18.3 Å². The molecule has 0 bridgehead atoms. The van der Waals surface area contributed by atoms with Crippen LogP contribution in [0.1, 0.15) is 12.0 Å². The molecule has 0 saturated heterocycles. The van der Waals surface area contributed by atoms with Crippen molar-refractivity contribution in [3.05, 3.63) is 48.4 Å². The van der Waals surface area contributed by atoms with Gasteiger partial charge in [-0.3, -0.25) is 4.79 Å². The van der Waals surface area contributed by atoms with Crippen LogP contribution in [-0.4, -0.2) is 35.1 Å². The van der Waals surface area contributed by atoms with E-state index in [1.165, 1.54) is 17.1 Å². The number of nitrogens with one attached hydrogen (secondary N) is 1. The molecule has 0 unspecified atom stereocenters. The average molecular weight is 323 g/mol. The van der Waals surface area contributed by atoms with E-state index in [4.69, 9.17) is 0 Å². The molecule has 0 spiro atoms. The highest BCUT2D eigenvalue weighted by atomic mass is 32.2. The number of imidazole rings is 1. The smallest absolute Gasteiger partial charge is 0.321 e. The Balaban J connectivity index is 2.07. The number of aromatic nitrogens is 2. The molecule has 0 amide bonds. The van der Waals surface area contributed by atoms with Gasteiger partial charge in [-0.25, -0.2) is 13.4 Å². The number of carbonyl (C=O) groups is 1. The Morgan fingerprint density at radius 3 is 2.59 bits per heavy atom. The number of aliphatic carboxylic acids is 1. The summed E-state index contributed by atoms with van der Waals surface area (Å²) in [5, 5.41) is 9.02. The van der Waals surface area contributed by atoms with Crippen LogP contribution in [0.3, 0.4) is 0 Å². The Kier molecular flexibility index (Phi) is 4.94. The van der Waals surface area contributed by atoms with Gasteiger partial charge in [0.2, 0.25) is 0 Å². The lowest BCUT2D eigenvalue weighted by atomic mass is 10.1. The van der Waals surface area contributed by atoms with Crippen LogP contribution in [-0.2, 0) is 28.3 Å². The molecule has 2 N–H and O–H groups in total. The fourth-order valence-electron chi connectivity index (χ4n) is 1.96. The van der Waals surface area contributed by atoms with Crippen LogP contribution in [0, 0.1) is 0 Å². The third-order valence-electron chi connectivity index (χ3n) is 3.12. The predicted molar refractivity (Wildman–Crippen MR) is 79.7 cm³/mol. The van der Waals surface area contributed by atoms with E-state index < -0.39 is 22.0 Å². The average Bonchev–Trinajstić information content (AvgIpc) is 2.92. The van der Waals surface area contributed by atoms with E-state index in [1.54, 1.807) is 7.05 Å². The standard InChI is InChI=1S/C14H17N3O4S/c1-17-9-13(15-10-17)22(20,21)16-12(14(18)19)8-7-11-5-3-2-4-6-11/h2-6,9-10,12,16H,7-8H2,1H3,(H,18,19)/t12-/m1/s1. The number of nitrogens with zero attached hydrogens (tertiary/aromatic N) is 2. The van der Waals surface area contributed by atoms with E-state index in [0.29, 0.717) is 6.42 Å². The lowest BCUT2D eigenvalue weighted by molar-refractivity contribution is -0.139. The van der Waals surface area contributed by atoms with Crippen LogP contribution in [0.2, 0.25) is 0 Å². The summed E-state index contributed by atoms with van der Waals surface area (Å²) in [6, 6.07) is 8.10. The van der Waals surface area contributed by atoms with Gasteiger partial charge in [0.25, 0.3) is 10.0 Å². The number of hydrogen-bond acceptors (Lipinski definition) is 4. The van der Waals surface area contributed by atoms with Crippen molar-refractivity contribution in [2.24, 2.45) is 7.05 Å². The third-order valence-corrected chi connectivity index (χ3v) is 4.47. The van der Waals surface area contributed by atoms with Crippen molar-refractivity contribution >= 4 is 16.0 Å². The van der Waals surface area contributed by atoms with Gasteiger partial charge in [0.1, 0.15) is 6.04 Å². The molecule has 1 aromatic carbocycles. The number of aryl methyl sites for hydroxylation is 2. The minimum atomic E-state index is -3.95. The van der Waals surface area contributed by atoms with Crippen molar-refractivity contribution in [2.75, 3.05) is 0 Å². The van der Waals surface area contributed by atoms with Gasteiger partial charge in [0, 0.05) is 13.2 Å². The Bertz CT molecular complexity index is 740. The summed E-state index contributed by atoms with van der Waals surface area (Å²) >= 11 is 0. The van der Waals surface area contributed by atoms with Crippen LogP contribution in [0.25, 0.3) is 0 Å². The van der Waals surface area contributed by atoms with Gasteiger partial charge >= 0.3 is 5.97 Å². The Hall–Kier alpha value is -2.19. The summed E-state index contributed by atoms with van der Waals surface area (Å²) in [4.78, 5) is 15.0. The number of hydrogen-bond donors (Lipinski definition) is 2. The molecule has 0 aliphatic heterocycles. The minimum Gasteiger partial charge on any atom is -0.480 e. The lowest BCUT2D eigenvalue weighted by Crippen LogP contribution is -2.41. The molecule has 118 valence electrons. The first-order chi connectivity index (χ1) is 10.4. The highest BCUT2D eigenvalue weighted by Gasteiger charge is 2.26. The van der Waals surface area contributed by atoms with Crippen LogP contribution < -0.4 is 4.72 Å². The zero-order chi connectivity index (χ0) is 16.2. The first kappa shape index (κ1) is 16.2. The molecular formula is C14H17N3O4S. The third kappa shape index (κ3) is 4.15. The van der Waals surface area contributed by atoms with E-state index in [2.05, 4.69) is 9.71 Å². The van der Waals surface area contributed by atoms with Crippen molar-refractivity contribution in [3.8, 4) is 0 Å². The summed E-state index contributed by atoms with van der Waals surface area (Å²) in [7, 11) is -2.32. The van der Waals surface area contributed by atoms with Crippen molar-refractivity contribution in [3.63, 3.8) is 0 Å². The summed E-state index contributed by atoms with van der Waals surface area (Å²) in [5.74, 6) is -1.21. The fraction of sp³-hybridized carbons (Fsp3) is 0.286. The quantitative estimate of drug-likeness (QED) is 0.784. The maximum Gasteiger partial charge on any atom is 0.321 e. The molecule has 8 heteroatoms. The van der Waals surface area contributed by atoms with Gasteiger partial charge in [0.05, 0.1) is 6.33 Å². The molecule has 0 aliphatic carbocycles. The molecule has 2 aromatic rings. The summed E-state index contributed by atoms with van der Waals surface area (Å²) in [6.07, 6.45) is 3.28. The van der Waals surface area contributed by atoms with Crippen molar-refractivity contribution in [1.29, 1.82) is 0 Å². The molecule has 0 saturated carbocycles. The Morgan fingerprint density at radius 2 is 2.05 bits per heavy atom. The zero-order valence-electron chi connectivity index (χ0n) is 12.0. The second-order valence-electron chi connectivity index (χ2n) is 4.91. The van der Waals surface area contributed by atoms with Crippen LogP contribution in [0.5, 0.6) is 0 Å². The van der Waals surface area contributed by atoms with Crippen LogP contribution >= 0.6 is 0 Å². The predicted octanol–water partition coefficient (Wildman–Crippen LogP) is 0.784. The molecule has 22 heavy (non-hydrogen) atoms. The second kappa shape index (κ2) is 6.71. The first-order valence-corrected chi connectivity index (χ1v) is 8.14. The van der Waals surface area contributed by atoms with Gasteiger partial charge in [-0.1, -0.05) is 30.3 Å². The maximum atomic E-state index is 12.1. The second-order valence-corrected chi connectivity index (χ2v) is 6.57. The summed E-state index contributed by atoms with van der Waals surface area (Å²) in [5.41, 5.74) is 0.950. The van der Waals surface area contributed by atoms with Gasteiger partial charge in [0.15, 0.2) is 5.03 Å². The highest BCUT2D eigenvalue weighted by molar-refractivity contribution is 7.89. The van der Waals surface area contributed by atoms with Gasteiger partial charge in [-0.2, -0.15) is 4.72 Å². The number of rotatable bonds is 7. The largest absolute Gasteiger partial charge is 0.480 e. The number of carboxylic acids is 1. The molecule has 0 aliphatic rings. The summed E-state index contributed by atoms with van der Waals surface area (Å²) < 4.78 is 27.9. The van der Waals surface area contributed by atoms with Gasteiger partial charge < -0.3 is 9.67 Å². The molecule has 0 radical (unpaired) electrons. The number of sulfonamides is 1. The number of benzene rings is 1. The van der Waals surface area contributed by atoms with Crippen molar-refractivity contribution in [2.45, 2.75) is 23.9 Å². The normalized spacial score (nSPS) is 13.0. The SMILES string of the molecule is Cn1cnc(S(=O)(=O)N[C@H](CCc2ccccc2)C(=O)O)c1. The van der Waals surface area contributed by atoms with E-state index in [0.717, 1.165) is 5.56 Å². The molecule has 2 rings (SSSR count). The van der Waals surface area contributed by atoms with Gasteiger partial charge in [-0.15, -0.1) is 0 Å². The van der Waals surface area contributed by atoms with E-state index in [9.17, 15) is 18.3 Å². The van der Waals surface area contributed by atoms with Crippen LogP contribution in [0.15, 0.2) is 47.9 Å². The Morgan fingerprint density at radius 1 is 1.36 bits per heavy atom. The topological polar surface area (TPSA) is 101 Å². The summed E-state index contributed by atoms with van der Waals surface area (Å²) in [6.45, 7) is 0. The van der Waals surface area contributed by atoms with E-state index >= 15 is 0 Å². The first-order valence-electron chi connectivity index (χ1n) is 6.65. The van der Waals surface area contributed by atoms with E-state index in [-0.39, 0.29) is 11.4 Å². The molecule has 1 aromatic heterocycles. The van der Waals surface area contributed by atoms with E-state index in [1.807, 2.05) is 30.3 Å². The molecular weight excluding hydrogens is 306 g/mol. The zero-order valence-corrected chi connectivity index (χ0v) is 12.8. The highest BCUT2D eigenvalue weighted by Crippen LogP contribution is 2.10. The lowest BCUT2D eigenvalue weighted by Gasteiger charge is -2.13. The fourth-order valence-corrected chi connectivity index (χ4v) is 3.17. The maximum absolute atomic E-state index is 12.1. The molecule has 1 atom stereocenters. The monoisotopic (exact) mass is 323 g/mol. The minimum absolute atomic E-state index is 0.158. The molecule has 7 nitrogen and oxygen atoms in total. The Labute approximate surface area is 128 Å². The molecule has 1 heterocycles. The van der Waals surface area contributed by atoms with Gasteiger partial charge in [-0.05, 0) is 18.4 Å². The van der Waals surface area contributed by atoms with Crippen molar-refractivity contribution in [1.82, 2.24) is 14.3 Å².